The Balaban J connectivity index is 3.26. The first-order chi connectivity index (χ1) is 8.28. The molecule has 2 N–H and O–H groups in total. The highest BCUT2D eigenvalue weighted by Gasteiger charge is 2.46. The van der Waals surface area contributed by atoms with Crippen LogP contribution >= 0.6 is 11.6 Å². The summed E-state index contributed by atoms with van der Waals surface area (Å²) >= 11 is 6.07. The maximum absolute atomic E-state index is 12.3. The number of nitrogens with two attached hydrogens (primary N) is 1. The summed E-state index contributed by atoms with van der Waals surface area (Å²) in [7, 11) is -3.68. The molecule has 18 heavy (non-hydrogen) atoms. The highest BCUT2D eigenvalue weighted by atomic mass is 35.5. The van der Waals surface area contributed by atoms with E-state index in [0.717, 1.165) is 0 Å². The van der Waals surface area contributed by atoms with Crippen LogP contribution in [0.1, 0.15) is 30.6 Å². The Labute approximate surface area is 112 Å². The average molecular weight is 290 g/mol. The fourth-order valence-corrected chi connectivity index (χ4v) is 3.33. The normalized spacial score (nSPS) is 15.1. The standard InChI is InChI=1S/C12H16ClNO3S/c1-3-12(13,18(16,17)4-2)11(15)9-5-7-10(14)8-6-9/h5-8H,3-4,14H2,1-2H3. The highest BCUT2D eigenvalue weighted by molar-refractivity contribution is 7.95. The van der Waals surface area contributed by atoms with Crippen LogP contribution in [0.5, 0.6) is 0 Å². The van der Waals surface area contributed by atoms with Crippen LogP contribution in [0.15, 0.2) is 24.3 Å². The molecule has 0 aliphatic carbocycles. The van der Waals surface area contributed by atoms with Gasteiger partial charge in [-0.3, -0.25) is 4.79 Å². The summed E-state index contributed by atoms with van der Waals surface area (Å²) in [5.41, 5.74) is 6.27. The number of hydrogen-bond donors (Lipinski definition) is 1. The summed E-state index contributed by atoms with van der Waals surface area (Å²) < 4.78 is 22.0. The van der Waals surface area contributed by atoms with Gasteiger partial charge in [-0.1, -0.05) is 25.4 Å². The number of carbonyl (C=O) groups excluding carboxylic acids is 1. The number of benzene rings is 1. The Morgan fingerprint density at radius 1 is 1.28 bits per heavy atom. The monoisotopic (exact) mass is 289 g/mol. The van der Waals surface area contributed by atoms with Crippen LogP contribution in [-0.2, 0) is 9.84 Å². The van der Waals surface area contributed by atoms with E-state index >= 15 is 0 Å². The minimum atomic E-state index is -3.68. The van der Waals surface area contributed by atoms with Gasteiger partial charge in [-0.2, -0.15) is 0 Å². The number of ketones is 1. The van der Waals surface area contributed by atoms with Gasteiger partial charge in [0.25, 0.3) is 0 Å². The Bertz CT molecular complexity index is 539. The van der Waals surface area contributed by atoms with E-state index < -0.39 is 19.8 Å². The quantitative estimate of drug-likeness (QED) is 0.512. The fourth-order valence-electron chi connectivity index (χ4n) is 1.60. The average Bonchev–Trinajstić information content (AvgIpc) is 2.37. The number of anilines is 1. The number of sulfone groups is 1. The molecule has 0 aliphatic rings. The van der Waals surface area contributed by atoms with Crippen molar-refractivity contribution in [3.05, 3.63) is 29.8 Å². The Morgan fingerprint density at radius 2 is 1.78 bits per heavy atom. The SMILES string of the molecule is CCC(Cl)(C(=O)c1ccc(N)cc1)S(=O)(=O)CC. The molecule has 4 nitrogen and oxygen atoms in total. The molecule has 0 spiro atoms. The van der Waals surface area contributed by atoms with Crippen molar-refractivity contribution in [3.8, 4) is 0 Å². The van der Waals surface area contributed by atoms with Gasteiger partial charge < -0.3 is 5.73 Å². The zero-order valence-electron chi connectivity index (χ0n) is 10.3. The van der Waals surface area contributed by atoms with E-state index in [-0.39, 0.29) is 17.7 Å². The molecule has 0 aromatic heterocycles. The fraction of sp³-hybridized carbons (Fsp3) is 0.417. The second-order valence-corrected chi connectivity index (χ2v) is 7.31. The number of nitrogen functional groups attached to an aromatic ring is 1. The number of carbonyl (C=O) groups is 1. The maximum atomic E-state index is 12.3. The van der Waals surface area contributed by atoms with Crippen molar-refractivity contribution in [3.63, 3.8) is 0 Å². The summed E-state index contributed by atoms with van der Waals surface area (Å²) in [6.45, 7) is 3.05. The van der Waals surface area contributed by atoms with Crippen LogP contribution < -0.4 is 5.73 Å². The Morgan fingerprint density at radius 3 is 2.17 bits per heavy atom. The second kappa shape index (κ2) is 5.28. The topological polar surface area (TPSA) is 77.2 Å². The molecule has 0 fully saturated rings. The molecule has 100 valence electrons. The lowest BCUT2D eigenvalue weighted by molar-refractivity contribution is 0.0970. The van der Waals surface area contributed by atoms with Crippen molar-refractivity contribution < 1.29 is 13.2 Å². The third-order valence-electron chi connectivity index (χ3n) is 2.84. The van der Waals surface area contributed by atoms with Gasteiger partial charge in [0, 0.05) is 17.0 Å². The lowest BCUT2D eigenvalue weighted by Gasteiger charge is -2.23. The predicted octanol–water partition coefficient (Wildman–Crippen LogP) is 2.23. The van der Waals surface area contributed by atoms with E-state index in [2.05, 4.69) is 0 Å². The van der Waals surface area contributed by atoms with Crippen molar-refractivity contribution in [1.82, 2.24) is 0 Å². The van der Waals surface area contributed by atoms with E-state index in [1.54, 1.807) is 19.1 Å². The molecule has 1 aromatic carbocycles. The first-order valence-electron chi connectivity index (χ1n) is 5.60. The maximum Gasteiger partial charge on any atom is 0.207 e. The van der Waals surface area contributed by atoms with Crippen LogP contribution in [0.3, 0.4) is 0 Å². The van der Waals surface area contributed by atoms with E-state index in [1.165, 1.54) is 19.1 Å². The van der Waals surface area contributed by atoms with Crippen LogP contribution in [0.25, 0.3) is 0 Å². The minimum Gasteiger partial charge on any atom is -0.399 e. The van der Waals surface area contributed by atoms with Crippen molar-refractivity contribution in [2.75, 3.05) is 11.5 Å². The number of rotatable bonds is 5. The van der Waals surface area contributed by atoms with Crippen LogP contribution in [-0.4, -0.2) is 24.2 Å². The molecule has 1 atom stereocenters. The Hall–Kier alpha value is -1.07. The second-order valence-electron chi connectivity index (χ2n) is 3.94. The third kappa shape index (κ3) is 2.52. The number of halogens is 1. The molecule has 0 saturated carbocycles. The third-order valence-corrected chi connectivity index (χ3v) is 6.20. The molecule has 0 aliphatic heterocycles. The van der Waals surface area contributed by atoms with E-state index in [4.69, 9.17) is 17.3 Å². The molecule has 0 amide bonds. The lowest BCUT2D eigenvalue weighted by atomic mass is 10.1. The smallest absolute Gasteiger partial charge is 0.207 e. The largest absolute Gasteiger partial charge is 0.399 e. The highest BCUT2D eigenvalue weighted by Crippen LogP contribution is 2.32. The van der Waals surface area contributed by atoms with Crippen molar-refractivity contribution in [2.45, 2.75) is 24.5 Å². The summed E-state index contributed by atoms with van der Waals surface area (Å²) in [5, 5.41) is 0. The summed E-state index contributed by atoms with van der Waals surface area (Å²) in [6, 6.07) is 6.04. The van der Waals surface area contributed by atoms with Crippen LogP contribution in [0.2, 0.25) is 0 Å². The summed E-state index contributed by atoms with van der Waals surface area (Å²) in [5.74, 6) is -0.779. The molecule has 0 bridgehead atoms. The number of alkyl halides is 1. The number of hydrogen-bond acceptors (Lipinski definition) is 4. The van der Waals surface area contributed by atoms with Crippen LogP contribution in [0, 0.1) is 0 Å². The van der Waals surface area contributed by atoms with Gasteiger partial charge in [-0.25, -0.2) is 8.42 Å². The van der Waals surface area contributed by atoms with Gasteiger partial charge >= 0.3 is 0 Å². The molecule has 0 heterocycles. The molecule has 0 saturated heterocycles. The Kier molecular flexibility index (Phi) is 4.40. The van der Waals surface area contributed by atoms with Crippen molar-refractivity contribution in [2.24, 2.45) is 0 Å². The van der Waals surface area contributed by atoms with Crippen molar-refractivity contribution in [1.29, 1.82) is 0 Å². The van der Waals surface area contributed by atoms with Gasteiger partial charge in [0.05, 0.1) is 0 Å². The molecule has 6 heteroatoms. The van der Waals surface area contributed by atoms with E-state index in [9.17, 15) is 13.2 Å². The van der Waals surface area contributed by atoms with Gasteiger partial charge in [0.1, 0.15) is 0 Å². The van der Waals surface area contributed by atoms with Crippen molar-refractivity contribution >= 4 is 32.9 Å². The minimum absolute atomic E-state index is 0.0218. The molecule has 1 unspecified atom stereocenters. The van der Waals surface area contributed by atoms with Crippen LogP contribution in [0.4, 0.5) is 5.69 Å². The van der Waals surface area contributed by atoms with Gasteiger partial charge in [-0.05, 0) is 30.7 Å². The zero-order valence-corrected chi connectivity index (χ0v) is 11.9. The summed E-state index contributed by atoms with van der Waals surface area (Å²) in [6.07, 6.45) is 0.0218. The van der Waals surface area contributed by atoms with Gasteiger partial charge in [-0.15, -0.1) is 0 Å². The van der Waals surface area contributed by atoms with E-state index in [1.807, 2.05) is 0 Å². The zero-order chi connectivity index (χ0) is 14.0. The summed E-state index contributed by atoms with van der Waals surface area (Å²) in [4.78, 5) is 12.3. The van der Waals surface area contributed by atoms with Gasteiger partial charge in [0.2, 0.25) is 4.21 Å². The molecule has 1 rings (SSSR count). The molecular formula is C12H16ClNO3S. The first-order valence-corrected chi connectivity index (χ1v) is 7.63. The molecule has 1 aromatic rings. The first kappa shape index (κ1) is 15.0. The molecule has 0 radical (unpaired) electrons. The van der Waals surface area contributed by atoms with E-state index in [0.29, 0.717) is 5.69 Å². The molecular weight excluding hydrogens is 274 g/mol. The lowest BCUT2D eigenvalue weighted by Crippen LogP contribution is -2.41. The predicted molar refractivity (Wildman–Crippen MR) is 73.5 cm³/mol. The van der Waals surface area contributed by atoms with Gasteiger partial charge in [0.15, 0.2) is 15.6 Å². The number of Topliss-reactive ketones (excluding diaryl/α,β-unsaturated/α-hetero) is 1.